The fourth-order valence-corrected chi connectivity index (χ4v) is 4.46. The minimum atomic E-state index is -1.04. The number of nitrogens with zero attached hydrogens (tertiary/aromatic N) is 1. The van der Waals surface area contributed by atoms with E-state index < -0.39 is 11.6 Å². The van der Waals surface area contributed by atoms with Crippen LogP contribution in [-0.2, 0) is 22.6 Å². The Morgan fingerprint density at radius 2 is 1.73 bits per heavy atom. The van der Waals surface area contributed by atoms with E-state index in [2.05, 4.69) is 23.5 Å². The van der Waals surface area contributed by atoms with Gasteiger partial charge >= 0.3 is 0 Å². The largest absolute Gasteiger partial charge is 0.392 e. The lowest BCUT2D eigenvalue weighted by atomic mass is 9.86. The van der Waals surface area contributed by atoms with E-state index in [0.717, 1.165) is 31.2 Å². The van der Waals surface area contributed by atoms with Crippen LogP contribution in [0.2, 0.25) is 0 Å². The molecule has 0 aromatic heterocycles. The summed E-state index contributed by atoms with van der Waals surface area (Å²) < 4.78 is 0. The number of hydrogen-bond donors (Lipinski definition) is 3. The van der Waals surface area contributed by atoms with Crippen molar-refractivity contribution in [3.05, 3.63) is 71.3 Å². The molecule has 6 nitrogen and oxygen atoms in total. The number of aliphatic hydroxyl groups is 1. The third-order valence-corrected chi connectivity index (χ3v) is 6.46. The maximum absolute atomic E-state index is 13.4. The molecule has 178 valence electrons. The van der Waals surface area contributed by atoms with Crippen molar-refractivity contribution in [2.45, 2.75) is 70.1 Å². The van der Waals surface area contributed by atoms with E-state index >= 15 is 0 Å². The molecule has 1 atom stereocenters. The van der Waals surface area contributed by atoms with Gasteiger partial charge < -0.3 is 21.1 Å². The highest BCUT2D eigenvalue weighted by Gasteiger charge is 2.32. The number of hydrogen-bond acceptors (Lipinski definition) is 4. The van der Waals surface area contributed by atoms with Gasteiger partial charge in [0.15, 0.2) is 0 Å². The third kappa shape index (κ3) is 6.89. The molecule has 6 heteroatoms. The van der Waals surface area contributed by atoms with Gasteiger partial charge in [0.25, 0.3) is 0 Å². The summed E-state index contributed by atoms with van der Waals surface area (Å²) in [5.41, 5.74) is 8.28. The van der Waals surface area contributed by atoms with Crippen molar-refractivity contribution in [1.29, 1.82) is 0 Å². The second kappa shape index (κ2) is 11.4. The van der Waals surface area contributed by atoms with Crippen LogP contribution in [0.5, 0.6) is 0 Å². The number of aliphatic hydroxyl groups excluding tert-OH is 1. The maximum atomic E-state index is 13.4. The minimum Gasteiger partial charge on any atom is -0.392 e. The lowest BCUT2D eigenvalue weighted by molar-refractivity contribution is -0.138. The van der Waals surface area contributed by atoms with Gasteiger partial charge in [0.1, 0.15) is 6.04 Å². The molecule has 0 radical (unpaired) electrons. The molecule has 1 fully saturated rings. The normalized spacial score (nSPS) is 15.8. The molecule has 2 aromatic carbocycles. The van der Waals surface area contributed by atoms with Gasteiger partial charge in [-0.05, 0) is 68.6 Å². The summed E-state index contributed by atoms with van der Waals surface area (Å²) in [6.45, 7) is 4.61. The van der Waals surface area contributed by atoms with Crippen molar-refractivity contribution >= 4 is 11.8 Å². The van der Waals surface area contributed by atoms with Crippen LogP contribution >= 0.6 is 0 Å². The molecule has 0 spiro atoms. The quantitative estimate of drug-likeness (QED) is 0.546. The number of amides is 2. The number of carbonyl (C=O) groups excluding carboxylic acids is 2. The summed E-state index contributed by atoms with van der Waals surface area (Å²) in [6, 6.07) is 17.6. The molecule has 1 aliphatic heterocycles. The highest BCUT2D eigenvalue weighted by molar-refractivity contribution is 5.91. The predicted molar refractivity (Wildman–Crippen MR) is 130 cm³/mol. The summed E-state index contributed by atoms with van der Waals surface area (Å²) in [7, 11) is 0. The average Bonchev–Trinajstić information content (AvgIpc) is 2.83. The van der Waals surface area contributed by atoms with Gasteiger partial charge in [-0.3, -0.25) is 9.59 Å². The van der Waals surface area contributed by atoms with Crippen LogP contribution in [-0.4, -0.2) is 46.5 Å². The smallest absolute Gasteiger partial charge is 0.245 e. The third-order valence-electron chi connectivity index (χ3n) is 6.46. The molecule has 33 heavy (non-hydrogen) atoms. The van der Waals surface area contributed by atoms with Crippen LogP contribution in [0.3, 0.4) is 0 Å². The van der Waals surface area contributed by atoms with Crippen molar-refractivity contribution in [3.63, 3.8) is 0 Å². The number of nitrogens with one attached hydrogen (secondary N) is 1. The molecule has 0 saturated carbocycles. The monoisotopic (exact) mass is 451 g/mol. The van der Waals surface area contributed by atoms with Crippen LogP contribution in [0.25, 0.3) is 0 Å². The van der Waals surface area contributed by atoms with Crippen LogP contribution in [0.1, 0.15) is 62.1 Å². The SMILES string of the molecule is CC(C)(N)C(=O)N[C@H](CCCc1ccccc1)C(=O)N1CCC(c2ccccc2CO)CC1. The summed E-state index contributed by atoms with van der Waals surface area (Å²) in [6.07, 6.45) is 3.91. The first-order valence-electron chi connectivity index (χ1n) is 11.9. The zero-order chi connectivity index (χ0) is 23.8. The molecule has 1 aliphatic rings. The summed E-state index contributed by atoms with van der Waals surface area (Å²) in [5.74, 6) is -0.0200. The van der Waals surface area contributed by atoms with E-state index in [1.807, 2.05) is 41.3 Å². The fourth-order valence-electron chi connectivity index (χ4n) is 4.46. The molecular formula is C27H37N3O3. The van der Waals surface area contributed by atoms with Gasteiger partial charge in [-0.2, -0.15) is 0 Å². The number of carbonyl (C=O) groups is 2. The Morgan fingerprint density at radius 3 is 2.36 bits per heavy atom. The summed E-state index contributed by atoms with van der Waals surface area (Å²) in [4.78, 5) is 27.8. The Kier molecular flexibility index (Phi) is 8.64. The van der Waals surface area contributed by atoms with Gasteiger partial charge in [0.2, 0.25) is 11.8 Å². The predicted octanol–water partition coefficient (Wildman–Crippen LogP) is 3.13. The molecule has 1 heterocycles. The number of likely N-dealkylation sites (tertiary alicyclic amines) is 1. The Bertz CT molecular complexity index is 916. The topological polar surface area (TPSA) is 95.7 Å². The van der Waals surface area contributed by atoms with Gasteiger partial charge in [0, 0.05) is 13.1 Å². The van der Waals surface area contributed by atoms with Gasteiger partial charge in [-0.1, -0.05) is 54.6 Å². The summed E-state index contributed by atoms with van der Waals surface area (Å²) >= 11 is 0. The van der Waals surface area contributed by atoms with E-state index in [9.17, 15) is 14.7 Å². The van der Waals surface area contributed by atoms with Gasteiger partial charge in [0.05, 0.1) is 12.1 Å². The van der Waals surface area contributed by atoms with Crippen molar-refractivity contribution in [3.8, 4) is 0 Å². The van der Waals surface area contributed by atoms with E-state index in [0.29, 0.717) is 25.4 Å². The van der Waals surface area contributed by atoms with E-state index in [-0.39, 0.29) is 18.4 Å². The molecule has 4 N–H and O–H groups in total. The number of nitrogens with two attached hydrogens (primary N) is 1. The fraction of sp³-hybridized carbons (Fsp3) is 0.481. The first kappa shape index (κ1) is 24.9. The molecule has 2 amide bonds. The number of benzene rings is 2. The molecule has 2 aromatic rings. The molecule has 3 rings (SSSR count). The van der Waals surface area contributed by atoms with Crippen LogP contribution in [0, 0.1) is 0 Å². The van der Waals surface area contributed by atoms with Gasteiger partial charge in [-0.25, -0.2) is 0 Å². The lowest BCUT2D eigenvalue weighted by Crippen LogP contribution is -2.57. The minimum absolute atomic E-state index is 0.0275. The second-order valence-electron chi connectivity index (χ2n) is 9.58. The number of rotatable bonds is 9. The van der Waals surface area contributed by atoms with Crippen molar-refractivity contribution in [1.82, 2.24) is 10.2 Å². The van der Waals surface area contributed by atoms with E-state index in [1.165, 1.54) is 11.1 Å². The first-order chi connectivity index (χ1) is 15.8. The van der Waals surface area contributed by atoms with Crippen molar-refractivity contribution < 1.29 is 14.7 Å². The lowest BCUT2D eigenvalue weighted by Gasteiger charge is -2.35. The highest BCUT2D eigenvalue weighted by atomic mass is 16.3. The molecule has 0 bridgehead atoms. The van der Waals surface area contributed by atoms with Crippen LogP contribution in [0.15, 0.2) is 54.6 Å². The van der Waals surface area contributed by atoms with Crippen LogP contribution < -0.4 is 11.1 Å². The molecule has 1 saturated heterocycles. The van der Waals surface area contributed by atoms with Crippen molar-refractivity contribution in [2.75, 3.05) is 13.1 Å². The Morgan fingerprint density at radius 1 is 1.09 bits per heavy atom. The standard InChI is InChI=1S/C27H37N3O3/c1-27(2,28)26(33)29-24(14-8-11-20-9-4-3-5-10-20)25(32)30-17-15-21(16-18-30)23-13-7-6-12-22(23)19-31/h3-7,9-10,12-13,21,24,31H,8,11,14-19,28H2,1-2H3,(H,29,33)/t24-/m1/s1. The Hall–Kier alpha value is -2.70. The van der Waals surface area contributed by atoms with Gasteiger partial charge in [-0.15, -0.1) is 0 Å². The molecule has 0 aliphatic carbocycles. The maximum Gasteiger partial charge on any atom is 0.245 e. The van der Waals surface area contributed by atoms with Crippen molar-refractivity contribution in [2.24, 2.45) is 5.73 Å². The van der Waals surface area contributed by atoms with Crippen LogP contribution in [0.4, 0.5) is 0 Å². The summed E-state index contributed by atoms with van der Waals surface area (Å²) in [5, 5.41) is 12.6. The Balaban J connectivity index is 1.63. The molecular weight excluding hydrogens is 414 g/mol. The van der Waals surface area contributed by atoms with E-state index in [1.54, 1.807) is 13.8 Å². The van der Waals surface area contributed by atoms with E-state index in [4.69, 9.17) is 5.73 Å². The molecule has 0 unspecified atom stereocenters. The zero-order valence-electron chi connectivity index (χ0n) is 19.8. The number of piperidine rings is 1. The number of aryl methyl sites for hydroxylation is 1. The zero-order valence-corrected chi connectivity index (χ0v) is 19.8. The first-order valence-corrected chi connectivity index (χ1v) is 11.9. The Labute approximate surface area is 197 Å². The highest BCUT2D eigenvalue weighted by Crippen LogP contribution is 2.31. The average molecular weight is 452 g/mol. The second-order valence-corrected chi connectivity index (χ2v) is 9.58.